The molecule has 0 bridgehead atoms. The minimum Gasteiger partial charge on any atom is -0.355 e. The van der Waals surface area contributed by atoms with Crippen LogP contribution < -0.4 is 5.32 Å². The number of hydrogen-bond donors (Lipinski definition) is 1. The number of rotatable bonds is 3. The average molecular weight is 326 g/mol. The second-order valence-electron chi connectivity index (χ2n) is 5.08. The molecule has 1 aliphatic rings. The van der Waals surface area contributed by atoms with Gasteiger partial charge in [0.2, 0.25) is 0 Å². The number of carbonyl (C=O) groups is 1. The van der Waals surface area contributed by atoms with E-state index in [0.717, 1.165) is 30.8 Å². The predicted octanol–water partition coefficient (Wildman–Crippen LogP) is 2.88. The molecule has 1 saturated heterocycles. The fraction of sp³-hybridized carbons (Fsp3) is 0.429. The lowest BCUT2D eigenvalue weighted by atomic mass is 10.1. The van der Waals surface area contributed by atoms with Gasteiger partial charge in [-0.2, -0.15) is 0 Å². The number of hydrogen-bond acceptors (Lipinski definition) is 5. The number of carbonyl (C=O) groups excluding carboxylic acids is 1. The molecule has 0 unspecified atom stereocenters. The molecule has 0 atom stereocenters. The molecule has 2 aromatic heterocycles. The van der Waals surface area contributed by atoms with Gasteiger partial charge < -0.3 is 14.7 Å². The van der Waals surface area contributed by atoms with E-state index >= 15 is 0 Å². The molecule has 112 valence electrons. The molecule has 0 saturated carbocycles. The molecule has 0 aliphatic carbocycles. The second-order valence-corrected chi connectivity index (χ2v) is 6.79. The van der Waals surface area contributed by atoms with Crippen molar-refractivity contribution in [3.05, 3.63) is 28.2 Å². The summed E-state index contributed by atoms with van der Waals surface area (Å²) < 4.78 is 5.95. The summed E-state index contributed by atoms with van der Waals surface area (Å²) in [7, 11) is 1.83. The van der Waals surface area contributed by atoms with E-state index < -0.39 is 0 Å². The Morgan fingerprint density at radius 2 is 2.24 bits per heavy atom. The van der Waals surface area contributed by atoms with E-state index in [2.05, 4.69) is 10.5 Å². The summed E-state index contributed by atoms with van der Waals surface area (Å²) in [4.78, 5) is 15.1. The molecule has 5 nitrogen and oxygen atoms in total. The van der Waals surface area contributed by atoms with Gasteiger partial charge in [0, 0.05) is 19.2 Å². The fourth-order valence-corrected chi connectivity index (χ4v) is 3.47. The first-order chi connectivity index (χ1) is 10.1. The van der Waals surface area contributed by atoms with Crippen LogP contribution in [-0.4, -0.2) is 42.1 Å². The standard InChI is InChI=1S/C14H16ClN3O2S/c1-18(9-4-6-16-7-5-9)14(19)10-8-11(20-17-10)12-2-3-13(15)21-12/h2-3,8-9,16H,4-7H2,1H3. The van der Waals surface area contributed by atoms with Crippen molar-refractivity contribution >= 4 is 28.8 Å². The number of amides is 1. The van der Waals surface area contributed by atoms with Crippen molar-refractivity contribution in [3.8, 4) is 10.6 Å². The zero-order valence-electron chi connectivity index (χ0n) is 11.6. The molecule has 21 heavy (non-hydrogen) atoms. The summed E-state index contributed by atoms with van der Waals surface area (Å²) in [6.45, 7) is 1.89. The van der Waals surface area contributed by atoms with Crippen LogP contribution >= 0.6 is 22.9 Å². The summed E-state index contributed by atoms with van der Waals surface area (Å²) in [5.74, 6) is 0.480. The van der Waals surface area contributed by atoms with Crippen molar-refractivity contribution in [2.75, 3.05) is 20.1 Å². The SMILES string of the molecule is CN(C(=O)c1cc(-c2ccc(Cl)s2)on1)C1CCNCC1. The number of nitrogens with zero attached hydrogens (tertiary/aromatic N) is 2. The largest absolute Gasteiger partial charge is 0.355 e. The highest BCUT2D eigenvalue weighted by Gasteiger charge is 2.25. The van der Waals surface area contributed by atoms with E-state index in [-0.39, 0.29) is 11.9 Å². The van der Waals surface area contributed by atoms with Crippen molar-refractivity contribution in [3.63, 3.8) is 0 Å². The van der Waals surface area contributed by atoms with Crippen LogP contribution in [0.1, 0.15) is 23.3 Å². The van der Waals surface area contributed by atoms with Gasteiger partial charge in [-0.1, -0.05) is 16.8 Å². The Bertz CT molecular complexity index is 634. The lowest BCUT2D eigenvalue weighted by Crippen LogP contribution is -2.44. The van der Waals surface area contributed by atoms with Crippen LogP contribution in [0.25, 0.3) is 10.6 Å². The fourth-order valence-electron chi connectivity index (χ4n) is 2.48. The maximum atomic E-state index is 12.5. The highest BCUT2D eigenvalue weighted by Crippen LogP contribution is 2.31. The maximum absolute atomic E-state index is 12.5. The lowest BCUT2D eigenvalue weighted by molar-refractivity contribution is 0.0693. The smallest absolute Gasteiger partial charge is 0.276 e. The van der Waals surface area contributed by atoms with E-state index in [1.165, 1.54) is 11.3 Å². The number of aromatic nitrogens is 1. The Kier molecular flexibility index (Phi) is 4.28. The van der Waals surface area contributed by atoms with Crippen molar-refractivity contribution in [2.24, 2.45) is 0 Å². The quantitative estimate of drug-likeness (QED) is 0.942. The van der Waals surface area contributed by atoms with Gasteiger partial charge in [-0.3, -0.25) is 4.79 Å². The van der Waals surface area contributed by atoms with Crippen LogP contribution in [0.4, 0.5) is 0 Å². The van der Waals surface area contributed by atoms with Crippen molar-refractivity contribution < 1.29 is 9.32 Å². The molecular formula is C14H16ClN3O2S. The monoisotopic (exact) mass is 325 g/mol. The predicted molar refractivity (Wildman–Crippen MR) is 82.8 cm³/mol. The van der Waals surface area contributed by atoms with Gasteiger partial charge in [0.1, 0.15) is 0 Å². The summed E-state index contributed by atoms with van der Waals surface area (Å²) in [5, 5.41) is 7.19. The third kappa shape index (κ3) is 3.12. The van der Waals surface area contributed by atoms with Crippen LogP contribution in [0.2, 0.25) is 4.34 Å². The van der Waals surface area contributed by atoms with Crippen LogP contribution in [0.15, 0.2) is 22.7 Å². The molecule has 3 rings (SSSR count). The van der Waals surface area contributed by atoms with E-state index in [1.54, 1.807) is 17.0 Å². The van der Waals surface area contributed by atoms with Gasteiger partial charge in [-0.25, -0.2) is 0 Å². The molecule has 1 N–H and O–H groups in total. The zero-order chi connectivity index (χ0) is 14.8. The summed E-state index contributed by atoms with van der Waals surface area (Å²) in [5.41, 5.74) is 0.343. The van der Waals surface area contributed by atoms with Crippen molar-refractivity contribution in [1.82, 2.24) is 15.4 Å². The normalized spacial score (nSPS) is 16.1. The summed E-state index contributed by atoms with van der Waals surface area (Å²) in [6.07, 6.45) is 1.93. The molecule has 1 amide bonds. The molecule has 0 radical (unpaired) electrons. The Morgan fingerprint density at radius 1 is 1.48 bits per heavy atom. The highest BCUT2D eigenvalue weighted by atomic mass is 35.5. The van der Waals surface area contributed by atoms with Gasteiger partial charge in [0.05, 0.1) is 9.21 Å². The zero-order valence-corrected chi connectivity index (χ0v) is 13.2. The van der Waals surface area contributed by atoms with Gasteiger partial charge in [-0.05, 0) is 38.1 Å². The van der Waals surface area contributed by atoms with Gasteiger partial charge >= 0.3 is 0 Å². The Balaban J connectivity index is 1.74. The molecule has 0 spiro atoms. The molecule has 1 fully saturated rings. The van der Waals surface area contributed by atoms with Crippen molar-refractivity contribution in [1.29, 1.82) is 0 Å². The Hall–Kier alpha value is -1.37. The molecule has 3 heterocycles. The first-order valence-electron chi connectivity index (χ1n) is 6.85. The van der Waals surface area contributed by atoms with Crippen LogP contribution in [0, 0.1) is 0 Å². The Labute approximate surface area is 131 Å². The maximum Gasteiger partial charge on any atom is 0.276 e. The minimum atomic E-state index is -0.0976. The van der Waals surface area contributed by atoms with E-state index in [0.29, 0.717) is 15.8 Å². The van der Waals surface area contributed by atoms with E-state index in [1.807, 2.05) is 13.1 Å². The first-order valence-corrected chi connectivity index (χ1v) is 8.05. The lowest BCUT2D eigenvalue weighted by Gasteiger charge is -2.31. The number of halogens is 1. The second kappa shape index (κ2) is 6.17. The van der Waals surface area contributed by atoms with Gasteiger partial charge in [-0.15, -0.1) is 11.3 Å². The van der Waals surface area contributed by atoms with E-state index in [4.69, 9.17) is 16.1 Å². The van der Waals surface area contributed by atoms with Gasteiger partial charge in [0.25, 0.3) is 5.91 Å². The first kappa shape index (κ1) is 14.6. The van der Waals surface area contributed by atoms with Crippen molar-refractivity contribution in [2.45, 2.75) is 18.9 Å². The third-order valence-electron chi connectivity index (χ3n) is 3.72. The van der Waals surface area contributed by atoms with Crippen LogP contribution in [0.5, 0.6) is 0 Å². The molecule has 2 aromatic rings. The highest BCUT2D eigenvalue weighted by molar-refractivity contribution is 7.19. The van der Waals surface area contributed by atoms with Crippen LogP contribution in [-0.2, 0) is 0 Å². The topological polar surface area (TPSA) is 58.4 Å². The Morgan fingerprint density at radius 3 is 2.90 bits per heavy atom. The summed E-state index contributed by atoms with van der Waals surface area (Å²) >= 11 is 7.31. The summed E-state index contributed by atoms with van der Waals surface area (Å²) in [6, 6.07) is 5.60. The number of thiophene rings is 1. The third-order valence-corrected chi connectivity index (χ3v) is 4.97. The van der Waals surface area contributed by atoms with Gasteiger partial charge in [0.15, 0.2) is 11.5 Å². The molecular weight excluding hydrogens is 310 g/mol. The minimum absolute atomic E-state index is 0.0976. The average Bonchev–Trinajstić information content (AvgIpc) is 3.15. The molecule has 7 heteroatoms. The number of nitrogens with one attached hydrogen (secondary N) is 1. The molecule has 0 aromatic carbocycles. The van der Waals surface area contributed by atoms with E-state index in [9.17, 15) is 4.79 Å². The number of piperidine rings is 1. The molecule has 1 aliphatic heterocycles. The van der Waals surface area contributed by atoms with Crippen LogP contribution in [0.3, 0.4) is 0 Å².